The molecule has 0 unspecified atom stereocenters. The lowest BCUT2D eigenvalue weighted by Crippen LogP contribution is -2.15. The van der Waals surface area contributed by atoms with Gasteiger partial charge in [-0.05, 0) is 50.6 Å². The maximum absolute atomic E-state index is 12.7. The van der Waals surface area contributed by atoms with Crippen molar-refractivity contribution in [2.45, 2.75) is 20.8 Å². The van der Waals surface area contributed by atoms with Crippen LogP contribution in [0.4, 0.5) is 10.7 Å². The number of nitro groups is 1. The number of nitro benzene ring substituents is 1. The number of rotatable bonds is 6. The van der Waals surface area contributed by atoms with E-state index in [9.17, 15) is 19.7 Å². The zero-order valence-electron chi connectivity index (χ0n) is 16.7. The zero-order valence-corrected chi connectivity index (χ0v) is 17.5. The number of hydrogen-bond donors (Lipinski definition) is 1. The first kappa shape index (κ1) is 21.2. The maximum atomic E-state index is 12.7. The van der Waals surface area contributed by atoms with E-state index >= 15 is 0 Å². The van der Waals surface area contributed by atoms with Gasteiger partial charge in [0.25, 0.3) is 11.6 Å². The van der Waals surface area contributed by atoms with Crippen LogP contribution in [-0.4, -0.2) is 23.4 Å². The standard InChI is InChI=1S/C22H20N2O5S/c1-4-29-22(26)19-18(15-8-10-17(11-9-15)24(27)28)14(3)30-21(19)23-20(25)16-7-5-6-13(2)12-16/h5-12H,4H2,1-3H3,(H,23,25). The molecule has 3 aromatic rings. The SMILES string of the molecule is CCOC(=O)c1c(NC(=O)c2cccc(C)c2)sc(C)c1-c1ccc([N+](=O)[O-])cc1. The number of aryl methyl sites for hydroxylation is 2. The van der Waals surface area contributed by atoms with Crippen molar-refractivity contribution in [2.24, 2.45) is 0 Å². The van der Waals surface area contributed by atoms with E-state index in [1.54, 1.807) is 37.3 Å². The Kier molecular flexibility index (Phi) is 6.27. The highest BCUT2D eigenvalue weighted by Crippen LogP contribution is 2.41. The first-order chi connectivity index (χ1) is 14.3. The van der Waals surface area contributed by atoms with Gasteiger partial charge in [-0.2, -0.15) is 0 Å². The molecule has 0 saturated carbocycles. The van der Waals surface area contributed by atoms with Gasteiger partial charge in [0.05, 0.1) is 11.5 Å². The second kappa shape index (κ2) is 8.87. The number of thiophene rings is 1. The lowest BCUT2D eigenvalue weighted by atomic mass is 10.0. The molecule has 30 heavy (non-hydrogen) atoms. The van der Waals surface area contributed by atoms with E-state index in [1.165, 1.54) is 23.5 Å². The van der Waals surface area contributed by atoms with Crippen molar-refractivity contribution in [3.63, 3.8) is 0 Å². The molecule has 7 nitrogen and oxygen atoms in total. The molecule has 0 aliphatic heterocycles. The van der Waals surface area contributed by atoms with E-state index in [0.717, 1.165) is 10.4 Å². The monoisotopic (exact) mass is 424 g/mol. The van der Waals surface area contributed by atoms with Crippen LogP contribution in [-0.2, 0) is 4.74 Å². The van der Waals surface area contributed by atoms with Gasteiger partial charge in [0.1, 0.15) is 10.6 Å². The molecule has 1 heterocycles. The summed E-state index contributed by atoms with van der Waals surface area (Å²) in [6.07, 6.45) is 0. The number of nitrogens with one attached hydrogen (secondary N) is 1. The first-order valence-corrected chi connectivity index (χ1v) is 10.1. The molecule has 0 radical (unpaired) electrons. The summed E-state index contributed by atoms with van der Waals surface area (Å²) in [6, 6.07) is 13.1. The minimum atomic E-state index is -0.560. The van der Waals surface area contributed by atoms with E-state index in [4.69, 9.17) is 4.74 Å². The van der Waals surface area contributed by atoms with E-state index in [1.807, 2.05) is 19.9 Å². The number of carbonyl (C=O) groups is 2. The number of non-ortho nitro benzene ring substituents is 1. The van der Waals surface area contributed by atoms with Crippen LogP contribution in [0, 0.1) is 24.0 Å². The second-order valence-electron chi connectivity index (χ2n) is 6.59. The molecule has 0 aliphatic carbocycles. The fourth-order valence-electron chi connectivity index (χ4n) is 3.09. The number of anilines is 1. The van der Waals surface area contributed by atoms with Crippen LogP contribution in [0.25, 0.3) is 11.1 Å². The summed E-state index contributed by atoms with van der Waals surface area (Å²) >= 11 is 1.26. The molecule has 3 rings (SSSR count). The van der Waals surface area contributed by atoms with Gasteiger partial charge in [0.15, 0.2) is 0 Å². The van der Waals surface area contributed by atoms with E-state index in [-0.39, 0.29) is 23.8 Å². The molecule has 0 saturated heterocycles. The average Bonchev–Trinajstić information content (AvgIpc) is 3.03. The van der Waals surface area contributed by atoms with Gasteiger partial charge in [-0.3, -0.25) is 14.9 Å². The molecule has 2 aromatic carbocycles. The number of carbonyl (C=O) groups excluding carboxylic acids is 2. The quantitative estimate of drug-likeness (QED) is 0.326. The number of esters is 1. The van der Waals surface area contributed by atoms with Crippen molar-refractivity contribution in [1.82, 2.24) is 0 Å². The highest BCUT2D eigenvalue weighted by atomic mass is 32.1. The smallest absolute Gasteiger partial charge is 0.341 e. The van der Waals surface area contributed by atoms with Gasteiger partial charge in [-0.15, -0.1) is 11.3 Å². The Hall–Kier alpha value is -3.52. The highest BCUT2D eigenvalue weighted by Gasteiger charge is 2.26. The Morgan fingerprint density at radius 3 is 2.43 bits per heavy atom. The van der Waals surface area contributed by atoms with Crippen LogP contribution in [0.3, 0.4) is 0 Å². The van der Waals surface area contributed by atoms with Crippen LogP contribution >= 0.6 is 11.3 Å². The van der Waals surface area contributed by atoms with Gasteiger partial charge in [-0.1, -0.05) is 17.7 Å². The molecule has 1 N–H and O–H groups in total. The van der Waals surface area contributed by atoms with Gasteiger partial charge in [0, 0.05) is 28.1 Å². The summed E-state index contributed by atoms with van der Waals surface area (Å²) in [4.78, 5) is 36.7. The Labute approximate surface area is 177 Å². The summed E-state index contributed by atoms with van der Waals surface area (Å²) < 4.78 is 5.22. The predicted octanol–water partition coefficient (Wildman–Crippen LogP) is 5.37. The molecule has 0 aliphatic rings. The van der Waals surface area contributed by atoms with Crippen molar-refractivity contribution in [1.29, 1.82) is 0 Å². The number of hydrogen-bond acceptors (Lipinski definition) is 6. The normalized spacial score (nSPS) is 10.5. The number of benzene rings is 2. The van der Waals surface area contributed by atoms with Crippen molar-refractivity contribution < 1.29 is 19.2 Å². The molecular weight excluding hydrogens is 404 g/mol. The minimum absolute atomic E-state index is 0.0442. The minimum Gasteiger partial charge on any atom is -0.462 e. The van der Waals surface area contributed by atoms with Crippen LogP contribution in [0.5, 0.6) is 0 Å². The molecule has 0 spiro atoms. The molecule has 0 fully saturated rings. The van der Waals surface area contributed by atoms with E-state index in [2.05, 4.69) is 5.32 Å². The van der Waals surface area contributed by atoms with E-state index < -0.39 is 10.9 Å². The Morgan fingerprint density at radius 1 is 1.13 bits per heavy atom. The summed E-state index contributed by atoms with van der Waals surface area (Å²) in [7, 11) is 0. The number of amides is 1. The molecule has 0 bridgehead atoms. The van der Waals surface area contributed by atoms with Crippen LogP contribution in [0.2, 0.25) is 0 Å². The Balaban J connectivity index is 2.05. The third-order valence-electron chi connectivity index (χ3n) is 4.44. The molecule has 8 heteroatoms. The van der Waals surface area contributed by atoms with Crippen molar-refractivity contribution in [2.75, 3.05) is 11.9 Å². The fraction of sp³-hybridized carbons (Fsp3) is 0.182. The average molecular weight is 424 g/mol. The summed E-state index contributed by atoms with van der Waals surface area (Å²) in [6.45, 7) is 5.60. The van der Waals surface area contributed by atoms with Crippen molar-refractivity contribution in [3.8, 4) is 11.1 Å². The van der Waals surface area contributed by atoms with Gasteiger partial charge in [0.2, 0.25) is 0 Å². The van der Waals surface area contributed by atoms with Gasteiger partial charge < -0.3 is 10.1 Å². The lowest BCUT2D eigenvalue weighted by Gasteiger charge is -2.09. The topological polar surface area (TPSA) is 98.5 Å². The molecule has 1 aromatic heterocycles. The first-order valence-electron chi connectivity index (χ1n) is 9.25. The predicted molar refractivity (Wildman–Crippen MR) is 116 cm³/mol. The molecule has 0 atom stereocenters. The summed E-state index contributed by atoms with van der Waals surface area (Å²) in [5, 5.41) is 14.2. The maximum Gasteiger partial charge on any atom is 0.341 e. The third kappa shape index (κ3) is 4.38. The largest absolute Gasteiger partial charge is 0.462 e. The van der Waals surface area contributed by atoms with Gasteiger partial charge >= 0.3 is 5.97 Å². The zero-order chi connectivity index (χ0) is 21.8. The second-order valence-corrected chi connectivity index (χ2v) is 7.81. The summed E-state index contributed by atoms with van der Waals surface area (Å²) in [5.74, 6) is -0.893. The van der Waals surface area contributed by atoms with E-state index in [0.29, 0.717) is 21.7 Å². The van der Waals surface area contributed by atoms with Crippen LogP contribution < -0.4 is 5.32 Å². The lowest BCUT2D eigenvalue weighted by molar-refractivity contribution is -0.384. The molecule has 154 valence electrons. The van der Waals surface area contributed by atoms with Crippen LogP contribution in [0.15, 0.2) is 48.5 Å². The van der Waals surface area contributed by atoms with Gasteiger partial charge in [-0.25, -0.2) is 4.79 Å². The van der Waals surface area contributed by atoms with Crippen LogP contribution in [0.1, 0.15) is 38.1 Å². The molecular formula is C22H20N2O5S. The number of ether oxygens (including phenoxy) is 1. The third-order valence-corrected chi connectivity index (χ3v) is 5.46. The van der Waals surface area contributed by atoms with Crippen molar-refractivity contribution >= 4 is 33.9 Å². The number of nitrogens with zero attached hydrogens (tertiary/aromatic N) is 1. The van der Waals surface area contributed by atoms with Crippen molar-refractivity contribution in [3.05, 3.63) is 80.2 Å². The molecule has 1 amide bonds. The Bertz CT molecular complexity index is 1120. The fourth-order valence-corrected chi connectivity index (χ4v) is 4.15. The summed E-state index contributed by atoms with van der Waals surface area (Å²) in [5.41, 5.74) is 2.85. The Morgan fingerprint density at radius 2 is 1.83 bits per heavy atom. The highest BCUT2D eigenvalue weighted by molar-refractivity contribution is 7.17.